The van der Waals surface area contributed by atoms with Crippen LogP contribution >= 0.6 is 0 Å². The van der Waals surface area contributed by atoms with Crippen LogP contribution in [0.25, 0.3) is 0 Å². The molecule has 31 heavy (non-hydrogen) atoms. The summed E-state index contributed by atoms with van der Waals surface area (Å²) in [5.74, 6) is 4.23. The van der Waals surface area contributed by atoms with Crippen LogP contribution < -0.4 is 0 Å². The molecule has 3 rings (SSSR count). The van der Waals surface area contributed by atoms with Crippen molar-refractivity contribution in [1.29, 1.82) is 0 Å². The maximum Gasteiger partial charge on any atom is -0.0143 e. The highest BCUT2D eigenvalue weighted by atomic mass is 14.5. The minimum Gasteiger partial charge on any atom is -0.0993 e. The normalized spacial score (nSPS) is 37.9. The van der Waals surface area contributed by atoms with Gasteiger partial charge in [-0.05, 0) is 91.3 Å². The van der Waals surface area contributed by atoms with E-state index in [-0.39, 0.29) is 0 Å². The maximum absolute atomic E-state index is 4.33. The smallest absolute Gasteiger partial charge is 0.0143 e. The summed E-state index contributed by atoms with van der Waals surface area (Å²) in [6.07, 6.45) is 19.5. The molecule has 0 N–H and O–H groups in total. The second kappa shape index (κ2) is 9.44. The first-order valence-electron chi connectivity index (χ1n) is 13.2. The summed E-state index contributed by atoms with van der Waals surface area (Å²) in [5, 5.41) is 0. The van der Waals surface area contributed by atoms with Crippen molar-refractivity contribution in [3.63, 3.8) is 0 Å². The van der Waals surface area contributed by atoms with E-state index in [1.54, 1.807) is 11.1 Å². The Morgan fingerprint density at radius 2 is 1.65 bits per heavy atom. The van der Waals surface area contributed by atoms with Gasteiger partial charge >= 0.3 is 0 Å². The summed E-state index contributed by atoms with van der Waals surface area (Å²) in [6, 6.07) is 0. The van der Waals surface area contributed by atoms with Crippen LogP contribution in [-0.4, -0.2) is 0 Å². The maximum atomic E-state index is 4.33. The molecule has 0 aromatic carbocycles. The highest BCUT2D eigenvalue weighted by Gasteiger charge is 2.50. The summed E-state index contributed by atoms with van der Waals surface area (Å²) in [4.78, 5) is 0. The number of hydrogen-bond donors (Lipinski definition) is 0. The number of fused-ring (bicyclic) bond motifs is 1. The van der Waals surface area contributed by atoms with Crippen LogP contribution in [0.5, 0.6) is 0 Å². The first-order chi connectivity index (χ1) is 14.4. The third-order valence-electron chi connectivity index (χ3n) is 9.68. The summed E-state index contributed by atoms with van der Waals surface area (Å²) in [7, 11) is 0. The standard InChI is InChI=1S/C31H50/c1-21(12-13-24(4)30(6,7)8)28-16-17-29-27(11-10-18-31(28,29)9)15-14-26-19-22(2)25(5)23(3)20-26/h12-15,21-24,28-29H,5,10-11,16-20H2,1-4,6-9H3/b13-12+,27-15+/t21-,22+,23+,24+,28?,29-,31+/m0/s1. The number of hydrogen-bond acceptors (Lipinski definition) is 0. The van der Waals surface area contributed by atoms with Crippen molar-refractivity contribution >= 4 is 0 Å². The Labute approximate surface area is 194 Å². The van der Waals surface area contributed by atoms with Gasteiger partial charge in [0.05, 0.1) is 0 Å². The molecule has 0 heteroatoms. The van der Waals surface area contributed by atoms with E-state index >= 15 is 0 Å². The quantitative estimate of drug-likeness (QED) is 0.396. The summed E-state index contributed by atoms with van der Waals surface area (Å²) in [6.45, 7) is 23.6. The predicted octanol–water partition coefficient (Wildman–Crippen LogP) is 9.55. The molecular formula is C31H50. The van der Waals surface area contributed by atoms with Gasteiger partial charge in [0, 0.05) is 0 Å². The minimum absolute atomic E-state index is 0.354. The zero-order valence-electron chi connectivity index (χ0n) is 21.9. The Kier molecular flexibility index (Phi) is 7.49. The Hall–Kier alpha value is -1.04. The van der Waals surface area contributed by atoms with Crippen LogP contribution in [0.15, 0.2) is 47.6 Å². The Morgan fingerprint density at radius 1 is 1.00 bits per heavy atom. The van der Waals surface area contributed by atoms with E-state index in [0.29, 0.717) is 34.5 Å². The molecule has 0 bridgehead atoms. The molecule has 0 spiro atoms. The largest absolute Gasteiger partial charge is 0.0993 e. The molecule has 0 saturated heterocycles. The highest BCUT2D eigenvalue weighted by molar-refractivity contribution is 5.28. The summed E-state index contributed by atoms with van der Waals surface area (Å²) < 4.78 is 0. The van der Waals surface area contributed by atoms with Gasteiger partial charge in [0.2, 0.25) is 0 Å². The summed E-state index contributed by atoms with van der Waals surface area (Å²) >= 11 is 0. The third-order valence-corrected chi connectivity index (χ3v) is 9.68. The molecular weight excluding hydrogens is 372 g/mol. The number of rotatable bonds is 4. The van der Waals surface area contributed by atoms with E-state index in [4.69, 9.17) is 0 Å². The lowest BCUT2D eigenvalue weighted by atomic mass is 9.61. The monoisotopic (exact) mass is 422 g/mol. The fourth-order valence-electron chi connectivity index (χ4n) is 6.89. The van der Waals surface area contributed by atoms with Crippen molar-refractivity contribution in [3.8, 4) is 0 Å². The zero-order chi connectivity index (χ0) is 23.0. The number of allylic oxidation sites excluding steroid dienone is 7. The lowest BCUT2D eigenvalue weighted by Gasteiger charge is -2.44. The molecule has 3 saturated carbocycles. The molecule has 0 aromatic rings. The van der Waals surface area contributed by atoms with Gasteiger partial charge in [-0.25, -0.2) is 0 Å². The van der Waals surface area contributed by atoms with Gasteiger partial charge < -0.3 is 0 Å². The van der Waals surface area contributed by atoms with Gasteiger partial charge in [0.1, 0.15) is 0 Å². The molecule has 1 unspecified atom stereocenters. The van der Waals surface area contributed by atoms with Crippen LogP contribution in [0.2, 0.25) is 0 Å². The molecule has 3 fully saturated rings. The van der Waals surface area contributed by atoms with E-state index in [0.717, 1.165) is 11.8 Å². The van der Waals surface area contributed by atoms with Gasteiger partial charge in [0.25, 0.3) is 0 Å². The Bertz CT molecular complexity index is 722. The van der Waals surface area contributed by atoms with Crippen molar-refractivity contribution in [1.82, 2.24) is 0 Å². The van der Waals surface area contributed by atoms with Gasteiger partial charge in [-0.2, -0.15) is 0 Å². The van der Waals surface area contributed by atoms with Gasteiger partial charge in [-0.1, -0.05) is 103 Å². The SMILES string of the molecule is C=C1[C@H](C)CC(=C/C=C2\CCC[C@]3(C)C([C@@H](C)/C=C/[C@@H](C)C(C)(C)C)CC[C@@H]23)C[C@H]1C. The summed E-state index contributed by atoms with van der Waals surface area (Å²) in [5.41, 5.74) is 5.70. The lowest BCUT2D eigenvalue weighted by Crippen LogP contribution is -2.35. The predicted molar refractivity (Wildman–Crippen MR) is 138 cm³/mol. The van der Waals surface area contributed by atoms with E-state index in [1.807, 2.05) is 0 Å². The van der Waals surface area contributed by atoms with Crippen LogP contribution in [0.1, 0.15) is 100 Å². The Balaban J connectivity index is 1.73. The lowest BCUT2D eigenvalue weighted by molar-refractivity contribution is 0.112. The van der Waals surface area contributed by atoms with Crippen molar-refractivity contribution in [2.75, 3.05) is 0 Å². The molecule has 3 aliphatic carbocycles. The van der Waals surface area contributed by atoms with E-state index in [1.165, 1.54) is 50.5 Å². The molecule has 0 nitrogen and oxygen atoms in total. The molecule has 0 amide bonds. The molecule has 3 aliphatic rings. The van der Waals surface area contributed by atoms with Crippen LogP contribution in [-0.2, 0) is 0 Å². The Morgan fingerprint density at radius 3 is 2.26 bits per heavy atom. The van der Waals surface area contributed by atoms with Crippen molar-refractivity contribution in [3.05, 3.63) is 47.6 Å². The zero-order valence-corrected chi connectivity index (χ0v) is 21.9. The van der Waals surface area contributed by atoms with E-state index < -0.39 is 0 Å². The molecule has 0 heterocycles. The van der Waals surface area contributed by atoms with Crippen molar-refractivity contribution < 1.29 is 0 Å². The van der Waals surface area contributed by atoms with E-state index in [9.17, 15) is 0 Å². The first kappa shape index (κ1) is 24.6. The fourth-order valence-corrected chi connectivity index (χ4v) is 6.89. The second-order valence-electron chi connectivity index (χ2n) is 12.8. The van der Waals surface area contributed by atoms with Crippen LogP contribution in [0, 0.1) is 46.3 Å². The highest BCUT2D eigenvalue weighted by Crippen LogP contribution is 2.59. The molecule has 7 atom stereocenters. The van der Waals surface area contributed by atoms with Gasteiger partial charge in [-0.3, -0.25) is 0 Å². The molecule has 174 valence electrons. The second-order valence-corrected chi connectivity index (χ2v) is 12.8. The van der Waals surface area contributed by atoms with Crippen molar-refractivity contribution in [2.24, 2.45) is 46.3 Å². The van der Waals surface area contributed by atoms with E-state index in [2.05, 4.69) is 86.3 Å². The molecule has 0 radical (unpaired) electrons. The fraction of sp³-hybridized carbons (Fsp3) is 0.742. The van der Waals surface area contributed by atoms with Gasteiger partial charge in [-0.15, -0.1) is 0 Å². The topological polar surface area (TPSA) is 0 Å². The third kappa shape index (κ3) is 5.31. The van der Waals surface area contributed by atoms with Crippen LogP contribution in [0.3, 0.4) is 0 Å². The molecule has 0 aliphatic heterocycles. The minimum atomic E-state index is 0.354. The van der Waals surface area contributed by atoms with Crippen LogP contribution in [0.4, 0.5) is 0 Å². The molecule has 0 aromatic heterocycles. The average Bonchev–Trinajstić information content (AvgIpc) is 3.05. The average molecular weight is 423 g/mol. The first-order valence-corrected chi connectivity index (χ1v) is 13.2. The van der Waals surface area contributed by atoms with Gasteiger partial charge in [0.15, 0.2) is 0 Å². The van der Waals surface area contributed by atoms with Crippen molar-refractivity contribution in [2.45, 2.75) is 100 Å².